The zero-order valence-electron chi connectivity index (χ0n) is 13.7. The molecule has 0 bridgehead atoms. The highest BCUT2D eigenvalue weighted by molar-refractivity contribution is 6.04. The second kappa shape index (κ2) is 5.47. The van der Waals surface area contributed by atoms with Gasteiger partial charge in [-0.1, -0.05) is 0 Å². The van der Waals surface area contributed by atoms with Gasteiger partial charge in [0, 0.05) is 28.9 Å². The Morgan fingerprint density at radius 1 is 1.12 bits per heavy atom. The molecule has 0 amide bonds. The smallest absolute Gasteiger partial charge is 0.138 e. The van der Waals surface area contributed by atoms with Gasteiger partial charge in [0.1, 0.15) is 11.5 Å². The molecule has 0 spiro atoms. The Labute approximate surface area is 144 Å². The van der Waals surface area contributed by atoms with Crippen LogP contribution in [0.1, 0.15) is 30.9 Å². The zero-order valence-corrected chi connectivity index (χ0v) is 13.7. The third-order valence-electron chi connectivity index (χ3n) is 5.10. The van der Waals surface area contributed by atoms with Gasteiger partial charge in [-0.2, -0.15) is 5.10 Å². The first-order chi connectivity index (χ1) is 12.3. The van der Waals surface area contributed by atoms with Gasteiger partial charge in [-0.25, -0.2) is 9.97 Å². The van der Waals surface area contributed by atoms with Crippen molar-refractivity contribution in [3.63, 3.8) is 0 Å². The maximum absolute atomic E-state index is 5.70. The van der Waals surface area contributed by atoms with E-state index in [1.807, 2.05) is 24.5 Å². The number of pyridine rings is 2. The number of nitrogens with zero attached hydrogens (tertiary/aromatic N) is 3. The molecule has 2 atom stereocenters. The van der Waals surface area contributed by atoms with E-state index in [0.717, 1.165) is 47.3 Å². The maximum Gasteiger partial charge on any atom is 0.138 e. The molecule has 4 aromatic heterocycles. The topological polar surface area (TPSA) is 108 Å². The number of hydrogen-bond acceptors (Lipinski definition) is 5. The van der Waals surface area contributed by atoms with Crippen LogP contribution in [0.3, 0.4) is 0 Å². The van der Waals surface area contributed by atoms with Crippen molar-refractivity contribution in [2.24, 2.45) is 0 Å². The average Bonchev–Trinajstić information content (AvgIpc) is 3.34. The first kappa shape index (κ1) is 14.3. The molecule has 0 radical (unpaired) electrons. The summed E-state index contributed by atoms with van der Waals surface area (Å²) in [6, 6.07) is 6.28. The van der Waals surface area contributed by atoms with Crippen LogP contribution in [0.5, 0.6) is 0 Å². The number of H-pyrrole nitrogens is 2. The summed E-state index contributed by atoms with van der Waals surface area (Å²) in [5.41, 5.74) is 9.44. The standard InChI is InChI=1S/C18H19N7/c19-11-2-4-15(21-8-11)23-12-3-1-10(7-12)17-16-13-5-6-20-18(13)22-9-14(16)24-25-17/h2,4-6,8-10,12H,1,3,7,19H2,(H,20,22)(H,21,23)(H,24,25)/t10-,12+/m1/s1. The number of nitrogen functional groups attached to an aromatic ring is 1. The van der Waals surface area contributed by atoms with Gasteiger partial charge in [0.15, 0.2) is 0 Å². The summed E-state index contributed by atoms with van der Waals surface area (Å²) < 4.78 is 0. The molecule has 126 valence electrons. The van der Waals surface area contributed by atoms with Gasteiger partial charge in [0.25, 0.3) is 0 Å². The van der Waals surface area contributed by atoms with Crippen molar-refractivity contribution >= 4 is 33.4 Å². The van der Waals surface area contributed by atoms with E-state index in [0.29, 0.717) is 17.6 Å². The molecule has 0 unspecified atom stereocenters. The Morgan fingerprint density at radius 3 is 2.96 bits per heavy atom. The summed E-state index contributed by atoms with van der Waals surface area (Å²) in [7, 11) is 0. The van der Waals surface area contributed by atoms with Gasteiger partial charge in [0.05, 0.1) is 29.3 Å². The van der Waals surface area contributed by atoms with Crippen LogP contribution in [0.15, 0.2) is 36.8 Å². The fourth-order valence-electron chi connectivity index (χ4n) is 3.90. The summed E-state index contributed by atoms with van der Waals surface area (Å²) in [6.45, 7) is 0. The average molecular weight is 333 g/mol. The van der Waals surface area contributed by atoms with Crippen LogP contribution in [0.4, 0.5) is 11.5 Å². The molecule has 5 rings (SSSR count). The van der Waals surface area contributed by atoms with E-state index in [1.54, 1.807) is 6.20 Å². The molecule has 0 aromatic carbocycles. The highest BCUT2D eigenvalue weighted by Gasteiger charge is 2.29. The minimum atomic E-state index is 0.399. The van der Waals surface area contributed by atoms with Crippen molar-refractivity contribution in [1.82, 2.24) is 25.1 Å². The summed E-state index contributed by atoms with van der Waals surface area (Å²) in [5, 5.41) is 13.6. The van der Waals surface area contributed by atoms with Crippen LogP contribution in [-0.2, 0) is 0 Å². The molecule has 4 heterocycles. The lowest BCUT2D eigenvalue weighted by Gasteiger charge is -2.13. The first-order valence-electron chi connectivity index (χ1n) is 8.56. The van der Waals surface area contributed by atoms with Gasteiger partial charge in [-0.05, 0) is 37.5 Å². The summed E-state index contributed by atoms with van der Waals surface area (Å²) in [4.78, 5) is 12.0. The quantitative estimate of drug-likeness (QED) is 0.460. The molecule has 7 heteroatoms. The molecule has 0 saturated heterocycles. The van der Waals surface area contributed by atoms with E-state index in [-0.39, 0.29) is 0 Å². The predicted octanol–water partition coefficient (Wildman–Crippen LogP) is 3.16. The van der Waals surface area contributed by atoms with Crippen molar-refractivity contribution in [2.45, 2.75) is 31.2 Å². The van der Waals surface area contributed by atoms with E-state index in [1.165, 1.54) is 5.39 Å². The Hall–Kier alpha value is -3.09. The fourth-order valence-corrected chi connectivity index (χ4v) is 3.90. The number of rotatable bonds is 3. The maximum atomic E-state index is 5.70. The van der Waals surface area contributed by atoms with Crippen molar-refractivity contribution in [3.8, 4) is 0 Å². The Kier molecular flexibility index (Phi) is 3.12. The van der Waals surface area contributed by atoms with Gasteiger partial charge >= 0.3 is 0 Å². The summed E-state index contributed by atoms with van der Waals surface area (Å²) >= 11 is 0. The molecule has 1 fully saturated rings. The van der Waals surface area contributed by atoms with E-state index < -0.39 is 0 Å². The van der Waals surface area contributed by atoms with Crippen molar-refractivity contribution in [2.75, 3.05) is 11.1 Å². The van der Waals surface area contributed by atoms with Gasteiger partial charge < -0.3 is 16.0 Å². The summed E-state index contributed by atoms with van der Waals surface area (Å²) in [6.07, 6.45) is 8.73. The van der Waals surface area contributed by atoms with E-state index in [2.05, 4.69) is 36.5 Å². The van der Waals surface area contributed by atoms with Crippen LogP contribution in [0.2, 0.25) is 0 Å². The van der Waals surface area contributed by atoms with Crippen LogP contribution in [0.25, 0.3) is 21.9 Å². The molecule has 1 saturated carbocycles. The van der Waals surface area contributed by atoms with Crippen molar-refractivity contribution in [1.29, 1.82) is 0 Å². The highest BCUT2D eigenvalue weighted by Crippen LogP contribution is 2.39. The molecule has 1 aliphatic carbocycles. The van der Waals surface area contributed by atoms with Crippen molar-refractivity contribution < 1.29 is 0 Å². The fraction of sp³-hybridized carbons (Fsp3) is 0.278. The van der Waals surface area contributed by atoms with Gasteiger partial charge in [-0.15, -0.1) is 0 Å². The number of fused-ring (bicyclic) bond motifs is 3. The Balaban J connectivity index is 1.42. The number of nitrogens with one attached hydrogen (secondary N) is 3. The predicted molar refractivity (Wildman–Crippen MR) is 98.4 cm³/mol. The molecule has 0 aliphatic heterocycles. The molecule has 7 nitrogen and oxygen atoms in total. The van der Waals surface area contributed by atoms with Crippen LogP contribution in [-0.4, -0.2) is 31.2 Å². The summed E-state index contributed by atoms with van der Waals surface area (Å²) in [5.74, 6) is 1.31. The lowest BCUT2D eigenvalue weighted by atomic mass is 9.99. The lowest BCUT2D eigenvalue weighted by molar-refractivity contribution is 0.682. The van der Waals surface area contributed by atoms with Gasteiger partial charge in [0.2, 0.25) is 0 Å². The van der Waals surface area contributed by atoms with Crippen molar-refractivity contribution in [3.05, 3.63) is 42.5 Å². The molecular formula is C18H19N7. The molecule has 25 heavy (non-hydrogen) atoms. The van der Waals surface area contributed by atoms with Gasteiger partial charge in [-0.3, -0.25) is 5.10 Å². The van der Waals surface area contributed by atoms with Crippen LogP contribution < -0.4 is 11.1 Å². The number of nitrogens with two attached hydrogens (primary N) is 1. The molecule has 4 aromatic rings. The minimum Gasteiger partial charge on any atom is -0.397 e. The number of hydrogen-bond donors (Lipinski definition) is 4. The monoisotopic (exact) mass is 333 g/mol. The molecule has 5 N–H and O–H groups in total. The second-order valence-electron chi connectivity index (χ2n) is 6.72. The SMILES string of the molecule is Nc1ccc(N[C@H]2CC[C@@H](c3n[nH]c4cnc5[nH]ccc5c34)C2)nc1. The number of anilines is 2. The van der Waals surface area contributed by atoms with E-state index >= 15 is 0 Å². The normalized spacial score (nSPS) is 20.5. The Morgan fingerprint density at radius 2 is 2.08 bits per heavy atom. The third-order valence-corrected chi connectivity index (χ3v) is 5.10. The van der Waals surface area contributed by atoms with E-state index in [9.17, 15) is 0 Å². The third kappa shape index (κ3) is 2.39. The highest BCUT2D eigenvalue weighted by atomic mass is 15.1. The molecule has 1 aliphatic rings. The lowest BCUT2D eigenvalue weighted by Crippen LogP contribution is -2.16. The number of aromatic amines is 2. The second-order valence-corrected chi connectivity index (χ2v) is 6.72. The molecular weight excluding hydrogens is 314 g/mol. The Bertz CT molecular complexity index is 1030. The number of aromatic nitrogens is 5. The zero-order chi connectivity index (χ0) is 16.8. The first-order valence-corrected chi connectivity index (χ1v) is 8.56. The van der Waals surface area contributed by atoms with Crippen LogP contribution >= 0.6 is 0 Å². The minimum absolute atomic E-state index is 0.399. The van der Waals surface area contributed by atoms with Crippen LogP contribution in [0, 0.1) is 0 Å². The van der Waals surface area contributed by atoms with E-state index in [4.69, 9.17) is 5.73 Å². The largest absolute Gasteiger partial charge is 0.397 e.